The van der Waals surface area contributed by atoms with Gasteiger partial charge < -0.3 is 0 Å². The van der Waals surface area contributed by atoms with Gasteiger partial charge in [-0.15, -0.1) is 5.10 Å². The van der Waals surface area contributed by atoms with E-state index in [1.807, 2.05) is 30.3 Å². The molecule has 0 bridgehead atoms. The van der Waals surface area contributed by atoms with Gasteiger partial charge >= 0.3 is 5.69 Å². The zero-order valence-corrected chi connectivity index (χ0v) is 15.9. The molecule has 0 saturated carbocycles. The number of carbonyl (C=O) groups is 1. The van der Waals surface area contributed by atoms with Gasteiger partial charge in [-0.3, -0.25) is 19.5 Å². The summed E-state index contributed by atoms with van der Waals surface area (Å²) in [6.07, 6.45) is 0.659. The molecule has 0 aliphatic carbocycles. The smallest absolute Gasteiger partial charge is 0.293 e. The van der Waals surface area contributed by atoms with Crippen LogP contribution in [0.3, 0.4) is 0 Å². The number of benzene rings is 2. The normalized spacial score (nSPS) is 10.8. The molecule has 0 spiro atoms. The van der Waals surface area contributed by atoms with Crippen LogP contribution in [0.1, 0.15) is 21.5 Å². The molecule has 0 unspecified atom stereocenters. The number of thioether (sulfide) groups is 1. The van der Waals surface area contributed by atoms with Crippen molar-refractivity contribution in [1.82, 2.24) is 14.8 Å². The number of ketones is 1. The van der Waals surface area contributed by atoms with E-state index in [1.54, 1.807) is 19.1 Å². The summed E-state index contributed by atoms with van der Waals surface area (Å²) in [5, 5.41) is 17.8. The first-order chi connectivity index (χ1) is 13.5. The highest BCUT2D eigenvalue weighted by Crippen LogP contribution is 2.22. The minimum atomic E-state index is -0.506. The predicted octanol–water partition coefficient (Wildman–Crippen LogP) is 3.01. The number of nitro benzene ring substituents is 1. The molecule has 144 valence electrons. The maximum Gasteiger partial charge on any atom is 0.343 e. The fraction of sp³-hybridized carbons (Fsp3) is 0.211. The van der Waals surface area contributed by atoms with Crippen molar-refractivity contribution < 1.29 is 9.72 Å². The van der Waals surface area contributed by atoms with E-state index in [2.05, 4.69) is 10.2 Å². The van der Waals surface area contributed by atoms with Crippen LogP contribution in [0.15, 0.2) is 58.5 Å². The van der Waals surface area contributed by atoms with E-state index in [1.165, 1.54) is 10.6 Å². The first-order valence-electron chi connectivity index (χ1n) is 8.56. The summed E-state index contributed by atoms with van der Waals surface area (Å²) in [6.45, 7) is 2.06. The van der Waals surface area contributed by atoms with Crippen molar-refractivity contribution in [2.24, 2.45) is 0 Å². The number of nitro groups is 1. The Kier molecular flexibility index (Phi) is 6.05. The molecule has 0 atom stereocenters. The number of rotatable bonds is 8. The molecule has 0 radical (unpaired) electrons. The predicted molar refractivity (Wildman–Crippen MR) is 106 cm³/mol. The van der Waals surface area contributed by atoms with Gasteiger partial charge in [0.1, 0.15) is 0 Å². The van der Waals surface area contributed by atoms with E-state index in [9.17, 15) is 19.7 Å². The van der Waals surface area contributed by atoms with Crippen molar-refractivity contribution in [2.45, 2.75) is 25.0 Å². The number of carbonyl (C=O) groups excluding carboxylic acids is 1. The van der Waals surface area contributed by atoms with Crippen molar-refractivity contribution in [1.29, 1.82) is 0 Å². The quantitative estimate of drug-likeness (QED) is 0.270. The summed E-state index contributed by atoms with van der Waals surface area (Å²) >= 11 is 1.13. The van der Waals surface area contributed by atoms with E-state index in [0.29, 0.717) is 23.7 Å². The summed E-state index contributed by atoms with van der Waals surface area (Å²) in [5.74, 6) is -0.242. The van der Waals surface area contributed by atoms with E-state index < -0.39 is 4.92 Å². The third kappa shape index (κ3) is 4.55. The van der Waals surface area contributed by atoms with Crippen LogP contribution in [0.25, 0.3) is 0 Å². The second kappa shape index (κ2) is 8.66. The minimum Gasteiger partial charge on any atom is -0.293 e. The van der Waals surface area contributed by atoms with Gasteiger partial charge in [-0.25, -0.2) is 9.89 Å². The summed E-state index contributed by atoms with van der Waals surface area (Å²) in [4.78, 5) is 35.0. The second-order valence-corrected chi connectivity index (χ2v) is 7.11. The summed E-state index contributed by atoms with van der Waals surface area (Å²) in [5.41, 5.74) is 1.43. The van der Waals surface area contributed by atoms with Gasteiger partial charge in [-0.1, -0.05) is 54.2 Å². The van der Waals surface area contributed by atoms with Crippen LogP contribution in [0.2, 0.25) is 0 Å². The van der Waals surface area contributed by atoms with Crippen LogP contribution in [-0.2, 0) is 13.0 Å². The van der Waals surface area contributed by atoms with E-state index in [4.69, 9.17) is 0 Å². The highest BCUT2D eigenvalue weighted by Gasteiger charge is 2.17. The lowest BCUT2D eigenvalue weighted by Gasteiger charge is -2.06. The number of hydrogen-bond donors (Lipinski definition) is 1. The molecule has 0 saturated heterocycles. The molecule has 0 fully saturated rings. The molecule has 0 aliphatic rings. The lowest BCUT2D eigenvalue weighted by molar-refractivity contribution is -0.385. The summed E-state index contributed by atoms with van der Waals surface area (Å²) in [7, 11) is 0. The fourth-order valence-electron chi connectivity index (χ4n) is 2.69. The van der Waals surface area contributed by atoms with Crippen LogP contribution in [0.4, 0.5) is 5.69 Å². The Hall–Kier alpha value is -3.20. The number of nitrogens with zero attached hydrogens (tertiary/aromatic N) is 3. The van der Waals surface area contributed by atoms with Gasteiger partial charge in [0.05, 0.1) is 10.7 Å². The van der Waals surface area contributed by atoms with Crippen molar-refractivity contribution >= 4 is 23.2 Å². The molecule has 8 nitrogen and oxygen atoms in total. The van der Waals surface area contributed by atoms with Gasteiger partial charge in [0.2, 0.25) is 0 Å². The highest BCUT2D eigenvalue weighted by molar-refractivity contribution is 7.99. The van der Waals surface area contributed by atoms with Crippen LogP contribution < -0.4 is 5.69 Å². The number of aryl methyl sites for hydroxylation is 2. The van der Waals surface area contributed by atoms with Crippen LogP contribution in [0, 0.1) is 17.0 Å². The average molecular weight is 398 g/mol. The van der Waals surface area contributed by atoms with Crippen molar-refractivity contribution in [3.8, 4) is 0 Å². The molecule has 3 aromatic rings. The third-order valence-electron chi connectivity index (χ3n) is 4.25. The van der Waals surface area contributed by atoms with E-state index >= 15 is 0 Å². The Morgan fingerprint density at radius 1 is 1.25 bits per heavy atom. The van der Waals surface area contributed by atoms with Crippen molar-refractivity contribution in [3.63, 3.8) is 0 Å². The first-order valence-corrected chi connectivity index (χ1v) is 9.54. The van der Waals surface area contributed by atoms with Gasteiger partial charge in [-0.2, -0.15) is 0 Å². The number of hydrogen-bond acceptors (Lipinski definition) is 6. The Balaban J connectivity index is 1.68. The Morgan fingerprint density at radius 2 is 2.00 bits per heavy atom. The molecule has 1 N–H and O–H groups in total. The summed E-state index contributed by atoms with van der Waals surface area (Å²) < 4.78 is 1.49. The molecule has 9 heteroatoms. The van der Waals surface area contributed by atoms with Gasteiger partial charge in [0.15, 0.2) is 10.9 Å². The maximum atomic E-state index is 12.4. The zero-order chi connectivity index (χ0) is 20.1. The molecular weight excluding hydrogens is 380 g/mol. The molecular formula is C19H18N4O4S. The number of H-pyrrole nitrogens is 1. The number of aromatic amines is 1. The lowest BCUT2D eigenvalue weighted by atomic mass is 10.1. The third-order valence-corrected chi connectivity index (χ3v) is 5.23. The van der Waals surface area contributed by atoms with Gasteiger partial charge in [0, 0.05) is 23.7 Å². The fourth-order valence-corrected chi connectivity index (χ4v) is 3.56. The minimum absolute atomic E-state index is 0.0237. The summed E-state index contributed by atoms with van der Waals surface area (Å²) in [6, 6.07) is 14.2. The van der Waals surface area contributed by atoms with Gasteiger partial charge in [-0.05, 0) is 18.9 Å². The zero-order valence-electron chi connectivity index (χ0n) is 15.1. The topological polar surface area (TPSA) is 111 Å². The first kappa shape index (κ1) is 19.6. The van der Waals surface area contributed by atoms with Crippen LogP contribution >= 0.6 is 11.8 Å². The molecule has 0 aliphatic heterocycles. The number of aromatic nitrogens is 3. The van der Waals surface area contributed by atoms with Crippen molar-refractivity contribution in [3.05, 3.63) is 85.8 Å². The molecule has 2 aromatic carbocycles. The molecule has 0 amide bonds. The Labute approximate surface area is 164 Å². The standard InChI is InChI=1S/C19H18N4O4S/c1-13-7-8-15(11-16(13)23(26)27)17(24)12-28-19-21-20-18(25)22(19)10-9-14-5-3-2-4-6-14/h2-8,11H,9-10,12H2,1H3,(H,20,25). The Morgan fingerprint density at radius 3 is 2.71 bits per heavy atom. The number of Topliss-reactive ketones (excluding diaryl/α,β-unsaturated/α-hetero) is 1. The monoisotopic (exact) mass is 398 g/mol. The molecule has 28 heavy (non-hydrogen) atoms. The Bertz CT molecular complexity index is 1060. The van der Waals surface area contributed by atoms with Crippen LogP contribution in [0.5, 0.6) is 0 Å². The van der Waals surface area contributed by atoms with E-state index in [-0.39, 0.29) is 28.5 Å². The largest absolute Gasteiger partial charge is 0.343 e. The van der Waals surface area contributed by atoms with E-state index in [0.717, 1.165) is 17.3 Å². The highest BCUT2D eigenvalue weighted by atomic mass is 32.2. The molecule has 1 aromatic heterocycles. The van der Waals surface area contributed by atoms with Gasteiger partial charge in [0.25, 0.3) is 5.69 Å². The lowest BCUT2D eigenvalue weighted by Crippen LogP contribution is -2.19. The number of nitrogens with one attached hydrogen (secondary N) is 1. The van der Waals surface area contributed by atoms with Crippen molar-refractivity contribution in [2.75, 3.05) is 5.75 Å². The second-order valence-electron chi connectivity index (χ2n) is 6.17. The SMILES string of the molecule is Cc1ccc(C(=O)CSc2n[nH]c(=O)n2CCc2ccccc2)cc1[N+](=O)[O-]. The molecule has 3 rings (SSSR count). The molecule has 1 heterocycles. The average Bonchev–Trinajstić information content (AvgIpc) is 3.05. The maximum absolute atomic E-state index is 12.4. The van der Waals surface area contributed by atoms with Crippen LogP contribution in [-0.4, -0.2) is 31.2 Å².